The Labute approximate surface area is 199 Å². The molecule has 2 N–H and O–H groups in total. The van der Waals surface area contributed by atoms with Crippen molar-refractivity contribution in [3.63, 3.8) is 0 Å². The van der Waals surface area contributed by atoms with Crippen LogP contribution in [0.2, 0.25) is 0 Å². The molecule has 0 unspecified atom stereocenters. The summed E-state index contributed by atoms with van der Waals surface area (Å²) < 4.78 is 0. The summed E-state index contributed by atoms with van der Waals surface area (Å²) in [6.45, 7) is 2.26. The summed E-state index contributed by atoms with van der Waals surface area (Å²) in [6.07, 6.45) is 4.07. The van der Waals surface area contributed by atoms with E-state index in [2.05, 4.69) is 27.7 Å². The summed E-state index contributed by atoms with van der Waals surface area (Å²) in [7, 11) is 4.09. The predicted octanol–water partition coefficient (Wildman–Crippen LogP) is 4.92. The van der Waals surface area contributed by atoms with Crippen molar-refractivity contribution in [2.24, 2.45) is 5.92 Å². The fraction of sp³-hybridized carbons (Fsp3) is 0.385. The Morgan fingerprint density at radius 1 is 1.12 bits per heavy atom. The van der Waals surface area contributed by atoms with Crippen LogP contribution in [0.15, 0.2) is 48.5 Å². The number of para-hydroxylation sites is 1. The number of hydrogen-bond acceptors (Lipinski definition) is 6. The highest BCUT2D eigenvalue weighted by molar-refractivity contribution is 5.95. The number of anilines is 2. The maximum absolute atomic E-state index is 12.5. The van der Waals surface area contributed by atoms with E-state index in [-0.39, 0.29) is 11.6 Å². The number of nitro groups is 1. The highest BCUT2D eigenvalue weighted by atomic mass is 16.6. The van der Waals surface area contributed by atoms with E-state index in [0.717, 1.165) is 48.1 Å². The molecule has 1 heterocycles. The summed E-state index contributed by atoms with van der Waals surface area (Å²) >= 11 is 0. The molecule has 0 aliphatic heterocycles. The third kappa shape index (κ3) is 5.27. The lowest BCUT2D eigenvalue weighted by Crippen LogP contribution is -2.34. The number of pyridine rings is 1. The lowest BCUT2D eigenvalue weighted by atomic mass is 9.86. The van der Waals surface area contributed by atoms with E-state index in [0.29, 0.717) is 29.6 Å². The summed E-state index contributed by atoms with van der Waals surface area (Å²) in [4.78, 5) is 30.0. The van der Waals surface area contributed by atoms with Crippen molar-refractivity contribution in [1.29, 1.82) is 0 Å². The van der Waals surface area contributed by atoms with E-state index in [1.54, 1.807) is 13.0 Å². The number of nitrogens with zero attached hydrogens (tertiary/aromatic N) is 3. The average Bonchev–Trinajstić information content (AvgIpc) is 2.82. The minimum Gasteiger partial charge on any atom is -0.377 e. The van der Waals surface area contributed by atoms with Gasteiger partial charge in [-0.3, -0.25) is 14.9 Å². The minimum atomic E-state index is -0.432. The molecule has 34 heavy (non-hydrogen) atoms. The molecule has 0 radical (unpaired) electrons. The monoisotopic (exact) mass is 461 g/mol. The Balaban J connectivity index is 1.30. The molecule has 178 valence electrons. The first kappa shape index (κ1) is 23.5. The zero-order valence-corrected chi connectivity index (χ0v) is 19.9. The van der Waals surface area contributed by atoms with Crippen molar-refractivity contribution >= 4 is 34.0 Å². The van der Waals surface area contributed by atoms with Crippen LogP contribution in [0, 0.1) is 23.0 Å². The van der Waals surface area contributed by atoms with Crippen molar-refractivity contribution in [3.8, 4) is 0 Å². The minimum absolute atomic E-state index is 0.0287. The van der Waals surface area contributed by atoms with Gasteiger partial charge < -0.3 is 15.5 Å². The van der Waals surface area contributed by atoms with E-state index in [9.17, 15) is 14.9 Å². The van der Waals surface area contributed by atoms with Crippen molar-refractivity contribution in [2.75, 3.05) is 30.9 Å². The van der Waals surface area contributed by atoms with E-state index in [1.165, 1.54) is 12.1 Å². The van der Waals surface area contributed by atoms with Crippen LogP contribution in [0.5, 0.6) is 0 Å². The molecule has 8 heteroatoms. The van der Waals surface area contributed by atoms with Crippen LogP contribution >= 0.6 is 0 Å². The van der Waals surface area contributed by atoms with Gasteiger partial charge in [-0.25, -0.2) is 4.98 Å². The van der Waals surface area contributed by atoms with Crippen LogP contribution < -0.4 is 15.5 Å². The predicted molar refractivity (Wildman–Crippen MR) is 136 cm³/mol. The topological polar surface area (TPSA) is 100 Å². The molecule has 8 nitrogen and oxygen atoms in total. The number of nitrogens with one attached hydrogen (secondary N) is 2. The molecule has 1 fully saturated rings. The van der Waals surface area contributed by atoms with Crippen LogP contribution in [0.25, 0.3) is 10.9 Å². The van der Waals surface area contributed by atoms with Crippen LogP contribution in [0.4, 0.5) is 17.2 Å². The summed E-state index contributed by atoms with van der Waals surface area (Å²) in [5.74, 6) is 1.13. The largest absolute Gasteiger partial charge is 0.377 e. The maximum atomic E-state index is 12.5. The number of hydrogen-bond donors (Lipinski definition) is 2. The second kappa shape index (κ2) is 10.1. The molecule has 1 aliphatic carbocycles. The molecule has 2 aromatic carbocycles. The molecule has 4 rings (SSSR count). The molecule has 0 atom stereocenters. The van der Waals surface area contributed by atoms with Gasteiger partial charge in [-0.15, -0.1) is 0 Å². The van der Waals surface area contributed by atoms with E-state index >= 15 is 0 Å². The van der Waals surface area contributed by atoms with Crippen molar-refractivity contribution < 1.29 is 9.72 Å². The Morgan fingerprint density at radius 2 is 1.85 bits per heavy atom. The Hall–Kier alpha value is -3.68. The third-order valence-electron chi connectivity index (χ3n) is 6.58. The van der Waals surface area contributed by atoms with Crippen molar-refractivity contribution in [3.05, 3.63) is 69.8 Å². The number of fused-ring (bicyclic) bond motifs is 1. The number of carbonyl (C=O) groups excluding carboxylic acids is 1. The number of amides is 1. The van der Waals surface area contributed by atoms with Gasteiger partial charge in [0.1, 0.15) is 5.82 Å². The number of aromatic nitrogens is 1. The number of aryl methyl sites for hydroxylation is 1. The Kier molecular flexibility index (Phi) is 6.95. The maximum Gasteiger partial charge on any atom is 0.272 e. The van der Waals surface area contributed by atoms with Crippen LogP contribution in [0.3, 0.4) is 0 Å². The Bertz CT molecular complexity index is 1200. The van der Waals surface area contributed by atoms with Gasteiger partial charge in [-0.05, 0) is 56.7 Å². The van der Waals surface area contributed by atoms with Crippen molar-refractivity contribution in [1.82, 2.24) is 10.3 Å². The molecule has 1 amide bonds. The van der Waals surface area contributed by atoms with Gasteiger partial charge in [0.2, 0.25) is 0 Å². The number of carbonyl (C=O) groups is 1. The van der Waals surface area contributed by atoms with Crippen LogP contribution in [-0.4, -0.2) is 42.5 Å². The first-order valence-corrected chi connectivity index (χ1v) is 11.7. The molecule has 0 bridgehead atoms. The van der Waals surface area contributed by atoms with Gasteiger partial charge in [0.25, 0.3) is 11.6 Å². The van der Waals surface area contributed by atoms with Crippen LogP contribution in [-0.2, 0) is 0 Å². The van der Waals surface area contributed by atoms with Crippen LogP contribution in [0.1, 0.15) is 41.6 Å². The fourth-order valence-corrected chi connectivity index (χ4v) is 4.66. The molecule has 1 aliphatic rings. The fourth-order valence-electron chi connectivity index (χ4n) is 4.66. The molecular weight excluding hydrogens is 430 g/mol. The highest BCUT2D eigenvalue weighted by Crippen LogP contribution is 2.30. The third-order valence-corrected chi connectivity index (χ3v) is 6.58. The first-order chi connectivity index (χ1) is 16.3. The lowest BCUT2D eigenvalue weighted by Gasteiger charge is -2.30. The molecule has 0 spiro atoms. The molecule has 1 aromatic heterocycles. The molecule has 0 saturated heterocycles. The van der Waals surface area contributed by atoms with Gasteiger partial charge in [0.15, 0.2) is 0 Å². The second-order valence-corrected chi connectivity index (χ2v) is 9.27. The smallest absolute Gasteiger partial charge is 0.272 e. The highest BCUT2D eigenvalue weighted by Gasteiger charge is 2.23. The second-order valence-electron chi connectivity index (χ2n) is 9.27. The molecule has 3 aromatic rings. The SMILES string of the molecule is Cc1cc(C(=O)NC[C@H]2CC[C@@H](Nc3cc(N(C)C)c4ccccc4n3)CC2)ccc1[N+](=O)[O-]. The number of nitro benzene ring substituents is 1. The normalized spacial score (nSPS) is 17.9. The van der Waals surface area contributed by atoms with Gasteiger partial charge in [0.05, 0.1) is 10.4 Å². The quantitative estimate of drug-likeness (QED) is 0.383. The summed E-state index contributed by atoms with van der Waals surface area (Å²) in [5, 5.41) is 18.7. The van der Waals surface area contributed by atoms with Gasteiger partial charge in [0, 0.05) is 61.0 Å². The standard InChI is InChI=1S/C26H31N5O3/c1-17-14-19(10-13-23(17)31(33)34)26(32)27-16-18-8-11-20(12-9-18)28-25-15-24(30(2)3)21-6-4-5-7-22(21)29-25/h4-7,10,13-15,18,20H,8-9,11-12,16H2,1-3H3,(H,27,32)(H,28,29)/t18-,20+. The summed E-state index contributed by atoms with van der Waals surface area (Å²) in [5.41, 5.74) is 3.10. The van der Waals surface area contributed by atoms with E-state index < -0.39 is 4.92 Å². The van der Waals surface area contributed by atoms with E-state index in [1.807, 2.05) is 32.3 Å². The number of benzene rings is 2. The zero-order valence-electron chi connectivity index (χ0n) is 19.9. The van der Waals surface area contributed by atoms with Gasteiger partial charge in [-0.1, -0.05) is 18.2 Å². The molecule has 1 saturated carbocycles. The van der Waals surface area contributed by atoms with Gasteiger partial charge in [-0.2, -0.15) is 0 Å². The van der Waals surface area contributed by atoms with Crippen molar-refractivity contribution in [2.45, 2.75) is 38.6 Å². The lowest BCUT2D eigenvalue weighted by molar-refractivity contribution is -0.385. The number of rotatable bonds is 7. The molecular formula is C26H31N5O3. The van der Waals surface area contributed by atoms with E-state index in [4.69, 9.17) is 4.98 Å². The first-order valence-electron chi connectivity index (χ1n) is 11.7. The Morgan fingerprint density at radius 3 is 2.53 bits per heavy atom. The summed E-state index contributed by atoms with van der Waals surface area (Å²) in [6, 6.07) is 15.1. The van der Waals surface area contributed by atoms with Gasteiger partial charge >= 0.3 is 0 Å². The zero-order chi connectivity index (χ0) is 24.2. The average molecular weight is 462 g/mol.